The molecule has 1 aliphatic heterocycles. The lowest BCUT2D eigenvalue weighted by Crippen LogP contribution is -2.37. The molecule has 0 bridgehead atoms. The lowest BCUT2D eigenvalue weighted by atomic mass is 10.1. The number of hydrogen-bond acceptors (Lipinski definition) is 6. The highest BCUT2D eigenvalue weighted by atomic mass is 32.2. The van der Waals surface area contributed by atoms with Gasteiger partial charge < -0.3 is 9.63 Å². The van der Waals surface area contributed by atoms with Gasteiger partial charge in [0.1, 0.15) is 5.76 Å². The summed E-state index contributed by atoms with van der Waals surface area (Å²) < 4.78 is 33.0. The van der Waals surface area contributed by atoms with Gasteiger partial charge in [0.2, 0.25) is 0 Å². The first-order valence-electron chi connectivity index (χ1n) is 6.52. The highest BCUT2D eigenvalue weighted by molar-refractivity contribution is 7.89. The topological polar surface area (TPSA) is 119 Å². The van der Waals surface area contributed by atoms with Crippen molar-refractivity contribution >= 4 is 16.0 Å². The van der Waals surface area contributed by atoms with Crippen LogP contribution >= 0.6 is 0 Å². The Kier molecular flexibility index (Phi) is 3.29. The van der Waals surface area contributed by atoms with Crippen molar-refractivity contribution in [3.05, 3.63) is 28.8 Å². The zero-order valence-corrected chi connectivity index (χ0v) is 12.8. The molecular weight excluding hydrogens is 312 g/mol. The fourth-order valence-electron chi connectivity index (χ4n) is 2.59. The van der Waals surface area contributed by atoms with Gasteiger partial charge in [-0.05, 0) is 6.92 Å². The number of rotatable bonds is 3. The molecule has 0 unspecified atom stereocenters. The van der Waals surface area contributed by atoms with Gasteiger partial charge in [-0.3, -0.25) is 4.68 Å². The summed E-state index contributed by atoms with van der Waals surface area (Å²) in [5.74, 6) is -0.813. The minimum atomic E-state index is -3.77. The number of aryl methyl sites for hydroxylation is 2. The molecule has 2 aromatic rings. The van der Waals surface area contributed by atoms with E-state index < -0.39 is 16.0 Å². The normalized spacial score (nSPS) is 15.7. The fourth-order valence-corrected chi connectivity index (χ4v) is 4.30. The van der Waals surface area contributed by atoms with Gasteiger partial charge in [-0.15, -0.1) is 0 Å². The monoisotopic (exact) mass is 326 g/mol. The number of sulfonamides is 1. The van der Waals surface area contributed by atoms with Crippen LogP contribution in [0.4, 0.5) is 0 Å². The number of carboxylic acids is 1. The Bertz CT molecular complexity index is 831. The fraction of sp³-hybridized carbons (Fsp3) is 0.417. The maximum absolute atomic E-state index is 12.8. The first-order valence-corrected chi connectivity index (χ1v) is 7.96. The predicted octanol–water partition coefficient (Wildman–Crippen LogP) is 0.162. The number of aromatic nitrogens is 3. The molecule has 22 heavy (non-hydrogen) atoms. The largest absolute Gasteiger partial charge is 0.476 e. The zero-order valence-electron chi connectivity index (χ0n) is 12.0. The van der Waals surface area contributed by atoms with Crippen molar-refractivity contribution < 1.29 is 22.8 Å². The summed E-state index contributed by atoms with van der Waals surface area (Å²) in [6.45, 7) is 1.79. The van der Waals surface area contributed by atoms with Gasteiger partial charge in [0, 0.05) is 37.7 Å². The summed E-state index contributed by atoms with van der Waals surface area (Å²) in [4.78, 5) is 11.1. The van der Waals surface area contributed by atoms with Gasteiger partial charge in [0.15, 0.2) is 10.7 Å². The Morgan fingerprint density at radius 1 is 1.45 bits per heavy atom. The van der Waals surface area contributed by atoms with Gasteiger partial charge in [0.05, 0.1) is 6.20 Å². The Balaban J connectivity index is 2.01. The molecule has 1 aliphatic rings. The smallest absolute Gasteiger partial charge is 0.358 e. The number of aromatic carboxylic acids is 1. The molecule has 10 heteroatoms. The summed E-state index contributed by atoms with van der Waals surface area (Å²) >= 11 is 0. The predicted molar refractivity (Wildman–Crippen MR) is 72.7 cm³/mol. The van der Waals surface area contributed by atoms with Crippen molar-refractivity contribution in [2.75, 3.05) is 6.54 Å². The van der Waals surface area contributed by atoms with E-state index in [9.17, 15) is 13.2 Å². The van der Waals surface area contributed by atoms with Crippen LogP contribution in [-0.4, -0.2) is 45.3 Å². The van der Waals surface area contributed by atoms with E-state index in [2.05, 4.69) is 10.3 Å². The van der Waals surface area contributed by atoms with Crippen LogP contribution in [0.2, 0.25) is 0 Å². The third-order valence-corrected chi connectivity index (χ3v) is 5.70. The van der Waals surface area contributed by atoms with Crippen molar-refractivity contribution in [3.63, 3.8) is 0 Å². The third kappa shape index (κ3) is 2.11. The molecule has 1 N–H and O–H groups in total. The van der Waals surface area contributed by atoms with Crippen molar-refractivity contribution in [2.24, 2.45) is 7.05 Å². The second-order valence-corrected chi connectivity index (χ2v) is 6.94. The van der Waals surface area contributed by atoms with Crippen LogP contribution in [0.15, 0.2) is 15.7 Å². The molecule has 0 saturated carbocycles. The summed E-state index contributed by atoms with van der Waals surface area (Å²) in [5.41, 5.74) is 0.607. The molecule has 0 spiro atoms. The lowest BCUT2D eigenvalue weighted by Gasteiger charge is -2.25. The lowest BCUT2D eigenvalue weighted by molar-refractivity contribution is 0.0684. The van der Waals surface area contributed by atoms with E-state index in [0.29, 0.717) is 16.9 Å². The maximum Gasteiger partial charge on any atom is 0.358 e. The summed E-state index contributed by atoms with van der Waals surface area (Å²) in [5, 5.41) is 16.6. The summed E-state index contributed by atoms with van der Waals surface area (Å²) in [6, 6.07) is 0. The first-order chi connectivity index (χ1) is 10.3. The van der Waals surface area contributed by atoms with E-state index >= 15 is 0 Å². The van der Waals surface area contributed by atoms with E-state index in [1.807, 2.05) is 0 Å². The summed E-state index contributed by atoms with van der Waals surface area (Å²) in [6.07, 6.45) is 1.76. The SMILES string of the molecule is Cc1cnn(C)c1S(=O)(=O)N1CCc2onc(C(=O)O)c2C1. The highest BCUT2D eigenvalue weighted by Crippen LogP contribution is 2.28. The third-order valence-electron chi connectivity index (χ3n) is 3.63. The number of nitrogens with zero attached hydrogens (tertiary/aromatic N) is 4. The Hall–Kier alpha value is -2.20. The van der Waals surface area contributed by atoms with E-state index in [0.717, 1.165) is 0 Å². The van der Waals surface area contributed by atoms with Crippen LogP contribution in [0, 0.1) is 6.92 Å². The Morgan fingerprint density at radius 2 is 2.18 bits per heavy atom. The molecule has 0 radical (unpaired) electrons. The average Bonchev–Trinajstić information content (AvgIpc) is 3.01. The summed E-state index contributed by atoms with van der Waals surface area (Å²) in [7, 11) is -2.22. The van der Waals surface area contributed by atoms with Crippen LogP contribution in [0.1, 0.15) is 27.4 Å². The van der Waals surface area contributed by atoms with Crippen molar-refractivity contribution in [3.8, 4) is 0 Å². The minimum absolute atomic E-state index is 0.0760. The van der Waals surface area contributed by atoms with Crippen LogP contribution in [0.5, 0.6) is 0 Å². The van der Waals surface area contributed by atoms with Gasteiger partial charge in [-0.25, -0.2) is 13.2 Å². The van der Waals surface area contributed by atoms with Gasteiger partial charge in [0.25, 0.3) is 10.0 Å². The van der Waals surface area contributed by atoms with Crippen LogP contribution in [0.3, 0.4) is 0 Å². The van der Waals surface area contributed by atoms with Gasteiger partial charge >= 0.3 is 5.97 Å². The highest BCUT2D eigenvalue weighted by Gasteiger charge is 2.35. The van der Waals surface area contributed by atoms with Crippen LogP contribution < -0.4 is 0 Å². The van der Waals surface area contributed by atoms with E-state index in [1.54, 1.807) is 14.0 Å². The molecule has 0 fully saturated rings. The molecule has 3 heterocycles. The molecule has 3 rings (SSSR count). The number of hydrogen-bond donors (Lipinski definition) is 1. The van der Waals surface area contributed by atoms with E-state index in [4.69, 9.17) is 9.63 Å². The molecule has 9 nitrogen and oxygen atoms in total. The Morgan fingerprint density at radius 3 is 2.77 bits per heavy atom. The number of carbonyl (C=O) groups is 1. The Labute approximate surface area is 126 Å². The molecule has 0 amide bonds. The number of fused-ring (bicyclic) bond motifs is 1. The molecule has 0 saturated heterocycles. The standard InChI is InChI=1S/C12H14N4O5S/c1-7-5-13-15(2)11(7)22(19,20)16-4-3-9-8(6-16)10(12(17)18)14-21-9/h5H,3-4,6H2,1-2H3,(H,17,18). The molecule has 0 aromatic carbocycles. The second kappa shape index (κ2) is 4.92. The first kappa shape index (κ1) is 14.7. The van der Waals surface area contributed by atoms with E-state index in [1.165, 1.54) is 15.2 Å². The molecular formula is C12H14N4O5S. The zero-order chi connectivity index (χ0) is 16.1. The van der Waals surface area contributed by atoms with Crippen LogP contribution in [-0.2, 0) is 30.0 Å². The molecule has 118 valence electrons. The van der Waals surface area contributed by atoms with Gasteiger partial charge in [-0.2, -0.15) is 9.40 Å². The van der Waals surface area contributed by atoms with E-state index in [-0.39, 0.29) is 30.2 Å². The minimum Gasteiger partial charge on any atom is -0.476 e. The van der Waals surface area contributed by atoms with Crippen LogP contribution in [0.25, 0.3) is 0 Å². The maximum atomic E-state index is 12.8. The molecule has 0 aliphatic carbocycles. The van der Waals surface area contributed by atoms with Gasteiger partial charge in [-0.1, -0.05) is 5.16 Å². The van der Waals surface area contributed by atoms with Crippen molar-refractivity contribution in [1.82, 2.24) is 19.2 Å². The second-order valence-electron chi connectivity index (χ2n) is 5.08. The number of carboxylic acid groups (broad SMARTS) is 1. The van der Waals surface area contributed by atoms with Crippen molar-refractivity contribution in [1.29, 1.82) is 0 Å². The van der Waals surface area contributed by atoms with Crippen molar-refractivity contribution in [2.45, 2.75) is 24.9 Å². The molecule has 2 aromatic heterocycles. The average molecular weight is 326 g/mol. The quantitative estimate of drug-likeness (QED) is 0.853. The molecule has 0 atom stereocenters.